The molecule has 2 N–H and O–H groups in total. The highest BCUT2D eigenvalue weighted by molar-refractivity contribution is 5.89. The maximum absolute atomic E-state index is 12.1. The fraction of sp³-hybridized carbons (Fsp3) is 0.533. The molecule has 2 rings (SSSR count). The Hall–Kier alpha value is -2.35. The van der Waals surface area contributed by atoms with Crippen molar-refractivity contribution in [3.8, 4) is 5.88 Å². The van der Waals surface area contributed by atoms with Crippen LogP contribution in [0, 0.1) is 0 Å². The zero-order chi connectivity index (χ0) is 16.7. The van der Waals surface area contributed by atoms with Crippen molar-refractivity contribution in [1.29, 1.82) is 0 Å². The van der Waals surface area contributed by atoms with Gasteiger partial charge in [-0.05, 0) is 12.5 Å². The topological polar surface area (TPSA) is 101 Å². The summed E-state index contributed by atoms with van der Waals surface area (Å²) in [6.07, 6.45) is 2.53. The Bertz CT molecular complexity index is 534. The molecule has 1 aliphatic heterocycles. The minimum atomic E-state index is -1.07. The molecule has 1 aromatic rings. The first-order valence-electron chi connectivity index (χ1n) is 7.59. The number of aliphatic carboxylic acids is 1. The van der Waals surface area contributed by atoms with Crippen molar-refractivity contribution < 1.29 is 24.2 Å². The number of carboxylic acids is 1. The third-order valence-electron chi connectivity index (χ3n) is 3.36. The monoisotopic (exact) mass is 323 g/mol. The molecule has 8 nitrogen and oxygen atoms in total. The number of ether oxygens (including phenoxy) is 2. The molecule has 0 aromatic carbocycles. The largest absolute Gasteiger partial charge is 0.479 e. The van der Waals surface area contributed by atoms with Crippen molar-refractivity contribution >= 4 is 17.7 Å². The summed E-state index contributed by atoms with van der Waals surface area (Å²) < 4.78 is 10.5. The van der Waals surface area contributed by atoms with Crippen LogP contribution in [0.5, 0.6) is 5.88 Å². The van der Waals surface area contributed by atoms with Gasteiger partial charge in [0.05, 0.1) is 31.6 Å². The Balaban J connectivity index is 1.86. The lowest BCUT2D eigenvalue weighted by molar-refractivity contribution is -0.154. The third-order valence-corrected chi connectivity index (χ3v) is 3.36. The number of rotatable bonds is 6. The van der Waals surface area contributed by atoms with Crippen LogP contribution in [0.4, 0.5) is 10.5 Å². The Morgan fingerprint density at radius 2 is 2.35 bits per heavy atom. The van der Waals surface area contributed by atoms with Crippen molar-refractivity contribution in [3.63, 3.8) is 0 Å². The molecule has 1 aromatic heterocycles. The van der Waals surface area contributed by atoms with Gasteiger partial charge in [-0.3, -0.25) is 0 Å². The molecule has 23 heavy (non-hydrogen) atoms. The molecule has 1 saturated heterocycles. The zero-order valence-electron chi connectivity index (χ0n) is 13.0. The molecule has 1 aliphatic rings. The maximum Gasteiger partial charge on any atom is 0.334 e. The fourth-order valence-corrected chi connectivity index (χ4v) is 2.05. The van der Waals surface area contributed by atoms with E-state index in [0.29, 0.717) is 24.7 Å². The van der Waals surface area contributed by atoms with Crippen LogP contribution in [-0.4, -0.2) is 59.4 Å². The van der Waals surface area contributed by atoms with Crippen LogP contribution < -0.4 is 10.1 Å². The summed E-state index contributed by atoms with van der Waals surface area (Å²) >= 11 is 0. The van der Waals surface area contributed by atoms with Gasteiger partial charge in [0.2, 0.25) is 5.88 Å². The SMILES string of the molecule is CCCCOc1ccc(NC(=O)N2CCOC(C(=O)O)C2)cn1. The van der Waals surface area contributed by atoms with E-state index in [2.05, 4.69) is 17.2 Å². The first kappa shape index (κ1) is 17.0. The van der Waals surface area contributed by atoms with Crippen LogP contribution in [-0.2, 0) is 9.53 Å². The van der Waals surface area contributed by atoms with Crippen molar-refractivity contribution in [2.24, 2.45) is 0 Å². The first-order chi connectivity index (χ1) is 11.1. The standard InChI is InChI=1S/C15H21N3O5/c1-2-3-7-23-13-5-4-11(9-16-13)17-15(21)18-6-8-22-12(10-18)14(19)20/h4-5,9,12H,2-3,6-8,10H2,1H3,(H,17,21)(H,19,20). The van der Waals surface area contributed by atoms with Crippen LogP contribution >= 0.6 is 0 Å². The van der Waals surface area contributed by atoms with Crippen LogP contribution in [0.1, 0.15) is 19.8 Å². The Morgan fingerprint density at radius 1 is 1.52 bits per heavy atom. The number of morpholine rings is 1. The van der Waals surface area contributed by atoms with E-state index >= 15 is 0 Å². The molecule has 0 spiro atoms. The zero-order valence-corrected chi connectivity index (χ0v) is 13.0. The van der Waals surface area contributed by atoms with Gasteiger partial charge >= 0.3 is 12.0 Å². The summed E-state index contributed by atoms with van der Waals surface area (Å²) in [7, 11) is 0. The number of carbonyl (C=O) groups excluding carboxylic acids is 1. The molecule has 8 heteroatoms. The summed E-state index contributed by atoms with van der Waals surface area (Å²) in [5, 5.41) is 11.6. The molecule has 1 unspecified atom stereocenters. The highest BCUT2D eigenvalue weighted by Gasteiger charge is 2.28. The molecule has 0 saturated carbocycles. The van der Waals surface area contributed by atoms with Crippen LogP contribution in [0.3, 0.4) is 0 Å². The van der Waals surface area contributed by atoms with Gasteiger partial charge in [0.25, 0.3) is 0 Å². The minimum Gasteiger partial charge on any atom is -0.479 e. The lowest BCUT2D eigenvalue weighted by Gasteiger charge is -2.30. The number of hydrogen-bond acceptors (Lipinski definition) is 5. The number of unbranched alkanes of at least 4 members (excludes halogenated alkanes) is 1. The fourth-order valence-electron chi connectivity index (χ4n) is 2.05. The number of nitrogens with zero attached hydrogens (tertiary/aromatic N) is 2. The second-order valence-electron chi connectivity index (χ2n) is 5.16. The molecular formula is C15H21N3O5. The van der Waals surface area contributed by atoms with Crippen molar-refractivity contribution in [2.45, 2.75) is 25.9 Å². The quantitative estimate of drug-likeness (QED) is 0.771. The van der Waals surface area contributed by atoms with Gasteiger partial charge in [-0.25, -0.2) is 14.6 Å². The average Bonchev–Trinajstić information content (AvgIpc) is 2.56. The maximum atomic E-state index is 12.1. The van der Waals surface area contributed by atoms with E-state index in [4.69, 9.17) is 14.6 Å². The van der Waals surface area contributed by atoms with Gasteiger partial charge in [-0.15, -0.1) is 0 Å². The van der Waals surface area contributed by atoms with Crippen LogP contribution in [0.25, 0.3) is 0 Å². The van der Waals surface area contributed by atoms with Crippen molar-refractivity contribution in [1.82, 2.24) is 9.88 Å². The number of amides is 2. The van der Waals surface area contributed by atoms with Gasteiger partial charge in [-0.1, -0.05) is 13.3 Å². The van der Waals surface area contributed by atoms with E-state index in [0.717, 1.165) is 12.8 Å². The number of aromatic nitrogens is 1. The van der Waals surface area contributed by atoms with Crippen LogP contribution in [0.15, 0.2) is 18.3 Å². The molecule has 0 bridgehead atoms. The molecular weight excluding hydrogens is 302 g/mol. The molecule has 0 radical (unpaired) electrons. The average molecular weight is 323 g/mol. The van der Waals surface area contributed by atoms with Gasteiger partial charge in [-0.2, -0.15) is 0 Å². The van der Waals surface area contributed by atoms with Gasteiger partial charge in [0, 0.05) is 12.6 Å². The lowest BCUT2D eigenvalue weighted by Crippen LogP contribution is -2.49. The van der Waals surface area contributed by atoms with E-state index in [1.54, 1.807) is 12.1 Å². The number of urea groups is 1. The summed E-state index contributed by atoms with van der Waals surface area (Å²) in [6, 6.07) is 3.01. The summed E-state index contributed by atoms with van der Waals surface area (Å²) in [4.78, 5) is 28.6. The smallest absolute Gasteiger partial charge is 0.334 e. The summed E-state index contributed by atoms with van der Waals surface area (Å²) in [6.45, 7) is 3.26. The molecule has 2 heterocycles. The number of hydrogen-bond donors (Lipinski definition) is 2. The van der Waals surface area contributed by atoms with Crippen molar-refractivity contribution in [3.05, 3.63) is 18.3 Å². The van der Waals surface area contributed by atoms with E-state index < -0.39 is 12.1 Å². The predicted octanol–water partition coefficient (Wildman–Crippen LogP) is 1.58. The number of carboxylic acid groups (broad SMARTS) is 1. The molecule has 1 atom stereocenters. The summed E-state index contributed by atoms with van der Waals surface area (Å²) in [5.41, 5.74) is 0.524. The lowest BCUT2D eigenvalue weighted by atomic mass is 10.3. The molecule has 1 fully saturated rings. The van der Waals surface area contributed by atoms with Crippen molar-refractivity contribution in [2.75, 3.05) is 31.6 Å². The first-order valence-corrected chi connectivity index (χ1v) is 7.59. The van der Waals surface area contributed by atoms with Gasteiger partial charge in [0.15, 0.2) is 6.10 Å². The number of nitrogens with one attached hydrogen (secondary N) is 1. The summed E-state index contributed by atoms with van der Waals surface area (Å²) in [5.74, 6) is -0.563. The van der Waals surface area contributed by atoms with Gasteiger partial charge in [0.1, 0.15) is 0 Å². The van der Waals surface area contributed by atoms with Gasteiger partial charge < -0.3 is 24.8 Å². The second kappa shape index (κ2) is 8.33. The number of carbonyl (C=O) groups is 2. The predicted molar refractivity (Wildman–Crippen MR) is 82.6 cm³/mol. The highest BCUT2D eigenvalue weighted by Crippen LogP contribution is 2.14. The normalized spacial score (nSPS) is 17.6. The Labute approximate surface area is 134 Å². The molecule has 0 aliphatic carbocycles. The highest BCUT2D eigenvalue weighted by atomic mass is 16.5. The Morgan fingerprint density at radius 3 is 3.00 bits per heavy atom. The van der Waals surface area contributed by atoms with E-state index in [9.17, 15) is 9.59 Å². The second-order valence-corrected chi connectivity index (χ2v) is 5.16. The van der Waals surface area contributed by atoms with E-state index in [1.165, 1.54) is 11.1 Å². The molecule has 126 valence electrons. The Kier molecular flexibility index (Phi) is 6.16. The van der Waals surface area contributed by atoms with E-state index in [-0.39, 0.29) is 19.2 Å². The third kappa shape index (κ3) is 5.10. The number of anilines is 1. The number of pyridine rings is 1. The van der Waals surface area contributed by atoms with Crippen LogP contribution in [0.2, 0.25) is 0 Å². The molecule has 2 amide bonds. The van der Waals surface area contributed by atoms with E-state index in [1.807, 2.05) is 0 Å². The minimum absolute atomic E-state index is 0.0206.